The van der Waals surface area contributed by atoms with Crippen LogP contribution in [0.15, 0.2) is 0 Å². The van der Waals surface area contributed by atoms with Gasteiger partial charge >= 0.3 is 59.4 Å². The van der Waals surface area contributed by atoms with Crippen LogP contribution in [-0.2, 0) is 59.4 Å². The van der Waals surface area contributed by atoms with E-state index >= 15 is 0 Å². The van der Waals surface area contributed by atoms with Gasteiger partial charge in [0.05, 0.1) is 15.3 Å². The van der Waals surface area contributed by atoms with E-state index in [-0.39, 0.29) is 121 Å². The summed E-state index contributed by atoms with van der Waals surface area (Å²) in [6.45, 7) is 0. The first-order valence-electron chi connectivity index (χ1n) is 1.64. The molecule has 20 heavy (non-hydrogen) atoms. The molecule has 0 rings (SSSR count). The fraction of sp³-hybridized carbons (Fsp3) is 0. The first kappa shape index (κ1) is 84.2. The Morgan fingerprint density at radius 3 is 0.450 bits per heavy atom. The quantitative estimate of drug-likeness (QED) is 0.136. The molecule has 0 unspecified atom stereocenters. The minimum Gasteiger partial charge on any atom is -1.00 e. The summed E-state index contributed by atoms with van der Waals surface area (Å²) in [6, 6.07) is 0. The standard InChI is InChI=1S/5ClH.3NO3.Pd.2Rh/c;;;;;3*2-1(3)4;;;/h5*1H;;;;;;/q;;;;;3*-1;+2;2*+3/p-5. The van der Waals surface area contributed by atoms with Crippen LogP contribution in [0, 0.1) is 46.0 Å². The van der Waals surface area contributed by atoms with Crippen molar-refractivity contribution >= 4 is 0 Å². The normalized spacial score (nSPS) is 3.60. The molecule has 0 amide bonds. The summed E-state index contributed by atoms with van der Waals surface area (Å²) >= 11 is 0. The summed E-state index contributed by atoms with van der Waals surface area (Å²) in [4.78, 5) is 24.8. The van der Waals surface area contributed by atoms with E-state index in [1.165, 1.54) is 0 Å². The Kier molecular flexibility index (Phi) is 304. The van der Waals surface area contributed by atoms with Gasteiger partial charge in [-0.15, -0.1) is 0 Å². The maximum atomic E-state index is 8.25. The molecule has 0 aliphatic heterocycles. The Labute approximate surface area is 181 Å². The molecule has 0 fully saturated rings. The van der Waals surface area contributed by atoms with Crippen molar-refractivity contribution in [1.82, 2.24) is 0 Å². The third kappa shape index (κ3) is 6650. The van der Waals surface area contributed by atoms with Crippen molar-refractivity contribution < 1.29 is 137 Å². The molecule has 0 N–H and O–H groups in total. The Bertz CT molecular complexity index is 137. The summed E-state index contributed by atoms with van der Waals surface area (Å²) < 4.78 is 0. The molecule has 0 aromatic heterocycles. The van der Waals surface area contributed by atoms with Gasteiger partial charge in [0.15, 0.2) is 0 Å². The van der Waals surface area contributed by atoms with Crippen LogP contribution in [0.4, 0.5) is 0 Å². The van der Waals surface area contributed by atoms with Crippen molar-refractivity contribution in [2.24, 2.45) is 0 Å². The predicted molar refractivity (Wildman–Crippen MR) is 31.1 cm³/mol. The van der Waals surface area contributed by atoms with Crippen molar-refractivity contribution in [3.63, 3.8) is 0 Å². The summed E-state index contributed by atoms with van der Waals surface area (Å²) in [5, 5.41) is 44.2. The van der Waals surface area contributed by atoms with E-state index in [4.69, 9.17) is 46.0 Å². The van der Waals surface area contributed by atoms with Crippen LogP contribution in [0.2, 0.25) is 0 Å². The monoisotopic (exact) mass is 673 g/mol. The topological polar surface area (TPSA) is 199 Å². The average molecular weight is 676 g/mol. The summed E-state index contributed by atoms with van der Waals surface area (Å²) in [5.41, 5.74) is 0. The van der Waals surface area contributed by atoms with E-state index in [1.807, 2.05) is 0 Å². The molecule has 0 aliphatic carbocycles. The van der Waals surface area contributed by atoms with Gasteiger partial charge < -0.3 is 108 Å². The summed E-state index contributed by atoms with van der Waals surface area (Å²) in [7, 11) is 0. The number of rotatable bonds is 0. The molecule has 0 radical (unpaired) electrons. The Morgan fingerprint density at radius 1 is 0.450 bits per heavy atom. The minimum absolute atomic E-state index is 0. The molecule has 0 saturated heterocycles. The van der Waals surface area contributed by atoms with Gasteiger partial charge in [-0.1, -0.05) is 0 Å². The van der Waals surface area contributed by atoms with Crippen LogP contribution in [0.1, 0.15) is 0 Å². The molecule has 0 aliphatic rings. The number of nitrogens with zero attached hydrogens (tertiary/aromatic N) is 3. The molecule has 12 nitrogen and oxygen atoms in total. The first-order valence-corrected chi connectivity index (χ1v) is 1.64. The Morgan fingerprint density at radius 2 is 0.450 bits per heavy atom. The van der Waals surface area contributed by atoms with Crippen molar-refractivity contribution in [2.45, 2.75) is 0 Å². The minimum atomic E-state index is -1.75. The van der Waals surface area contributed by atoms with E-state index < -0.39 is 15.3 Å². The number of hydrogen-bond donors (Lipinski definition) is 0. The van der Waals surface area contributed by atoms with Gasteiger partial charge in [0.1, 0.15) is 0 Å². The number of halogens is 5. The summed E-state index contributed by atoms with van der Waals surface area (Å²) in [6.07, 6.45) is 0. The number of hydrogen-bond acceptors (Lipinski definition) is 9. The van der Waals surface area contributed by atoms with Crippen LogP contribution in [-0.4, -0.2) is 15.3 Å². The van der Waals surface area contributed by atoms with Crippen LogP contribution in [0.3, 0.4) is 0 Å². The van der Waals surface area contributed by atoms with Gasteiger partial charge in [-0.25, -0.2) is 0 Å². The van der Waals surface area contributed by atoms with Crippen molar-refractivity contribution in [1.29, 1.82) is 0 Å². The van der Waals surface area contributed by atoms with Gasteiger partial charge in [-0.05, 0) is 0 Å². The van der Waals surface area contributed by atoms with E-state index in [0.29, 0.717) is 0 Å². The smallest absolute Gasteiger partial charge is 1.00 e. The van der Waals surface area contributed by atoms with Crippen LogP contribution < -0.4 is 62.0 Å². The predicted octanol–water partition coefficient (Wildman–Crippen LogP) is -15.7. The van der Waals surface area contributed by atoms with Crippen LogP contribution in [0.25, 0.3) is 0 Å². The average Bonchev–Trinajstić information content (AvgIpc) is 1.54. The molecular formula is Cl5N3O9PdRh2. The second-order valence-electron chi connectivity index (χ2n) is 0.671. The zero-order valence-corrected chi connectivity index (χ0v) is 16.5. The third-order valence-electron chi connectivity index (χ3n) is 0. The van der Waals surface area contributed by atoms with Gasteiger partial charge in [-0.3, -0.25) is 0 Å². The molecule has 0 spiro atoms. The molecule has 0 aromatic carbocycles. The summed E-state index contributed by atoms with van der Waals surface area (Å²) in [5.74, 6) is 0. The molecule has 0 atom stereocenters. The molecule has 0 bridgehead atoms. The zero-order valence-electron chi connectivity index (χ0n) is 7.89. The molecule has 0 saturated carbocycles. The molecule has 132 valence electrons. The van der Waals surface area contributed by atoms with E-state index in [2.05, 4.69) is 0 Å². The largest absolute Gasteiger partial charge is 3.00 e. The van der Waals surface area contributed by atoms with Crippen molar-refractivity contribution in [3.8, 4) is 0 Å². The fourth-order valence-corrected chi connectivity index (χ4v) is 0. The van der Waals surface area contributed by atoms with Gasteiger partial charge in [0, 0.05) is 0 Å². The SMILES string of the molecule is O=[N+]([O-])[O-].O=[N+]([O-])[O-].O=[N+]([O-])[O-].[Cl-].[Cl-].[Cl-].[Cl-].[Cl-].[Pd+2].[Rh+3].[Rh+3]. The first-order chi connectivity index (χ1) is 5.20. The van der Waals surface area contributed by atoms with E-state index in [9.17, 15) is 0 Å². The van der Waals surface area contributed by atoms with Gasteiger partial charge in [0.2, 0.25) is 0 Å². The van der Waals surface area contributed by atoms with Crippen molar-refractivity contribution in [2.75, 3.05) is 0 Å². The Balaban J connectivity index is -0.00000000562. The second-order valence-corrected chi connectivity index (χ2v) is 0.671. The van der Waals surface area contributed by atoms with Crippen LogP contribution in [0.5, 0.6) is 0 Å². The third-order valence-corrected chi connectivity index (χ3v) is 0. The van der Waals surface area contributed by atoms with Crippen molar-refractivity contribution in [3.05, 3.63) is 46.0 Å². The zero-order chi connectivity index (χ0) is 10.7. The molecule has 0 aromatic rings. The van der Waals surface area contributed by atoms with Gasteiger partial charge in [0.25, 0.3) is 0 Å². The molecule has 0 heterocycles. The maximum absolute atomic E-state index is 8.25. The van der Waals surface area contributed by atoms with E-state index in [0.717, 1.165) is 0 Å². The van der Waals surface area contributed by atoms with Gasteiger partial charge in [-0.2, -0.15) is 0 Å². The fourth-order valence-electron chi connectivity index (χ4n) is 0. The molecule has 20 heteroatoms. The van der Waals surface area contributed by atoms with Crippen LogP contribution >= 0.6 is 0 Å². The second kappa shape index (κ2) is 72.3. The van der Waals surface area contributed by atoms with E-state index in [1.54, 1.807) is 0 Å². The molecular weight excluding hydrogens is 676 g/mol. The Hall–Kier alpha value is 0.959. The maximum Gasteiger partial charge on any atom is 3.00 e.